The van der Waals surface area contributed by atoms with Gasteiger partial charge in [0.05, 0.1) is 16.0 Å². The maximum atomic E-state index is 4.68. The van der Waals surface area contributed by atoms with Crippen LogP contribution in [0, 0.1) is 0 Å². The van der Waals surface area contributed by atoms with Gasteiger partial charge in [-0.2, -0.15) is 0 Å². The molecule has 0 atom stereocenters. The molecule has 0 spiro atoms. The van der Waals surface area contributed by atoms with Crippen LogP contribution in [0.3, 0.4) is 0 Å². The van der Waals surface area contributed by atoms with Crippen LogP contribution in [0.2, 0.25) is 0 Å². The van der Waals surface area contributed by atoms with Crippen LogP contribution < -0.4 is 0 Å². The Balaban J connectivity index is 1.53. The average Bonchev–Trinajstić information content (AvgIpc) is 3.01. The molecule has 0 saturated carbocycles. The molecule has 0 fully saturated rings. The quantitative estimate of drug-likeness (QED) is 0.687. The molecule has 1 aliphatic rings. The lowest BCUT2D eigenvalue weighted by Gasteiger charge is -2.05. The van der Waals surface area contributed by atoms with Crippen LogP contribution in [0.1, 0.15) is 30.1 Å². The number of nitrogens with zero attached hydrogens (tertiary/aromatic N) is 4. The van der Waals surface area contributed by atoms with Crippen molar-refractivity contribution in [1.82, 2.24) is 19.7 Å². The van der Waals surface area contributed by atoms with Gasteiger partial charge in [-0.25, -0.2) is 4.98 Å². The minimum Gasteiger partial charge on any atom is -0.306 e. The van der Waals surface area contributed by atoms with E-state index in [2.05, 4.69) is 37.9 Å². The SMILES string of the molecule is c1ccc2sc(CSc3nnc4n3CCCCC4)nc2c1. The van der Waals surface area contributed by atoms with E-state index in [1.807, 2.05) is 6.07 Å². The Hall–Kier alpha value is -1.40. The Labute approximate surface area is 131 Å². The number of benzene rings is 1. The summed E-state index contributed by atoms with van der Waals surface area (Å²) < 4.78 is 3.55. The fourth-order valence-corrected chi connectivity index (χ4v) is 4.62. The third kappa shape index (κ3) is 2.70. The zero-order chi connectivity index (χ0) is 14.1. The molecule has 3 aromatic rings. The first kappa shape index (κ1) is 13.3. The molecular formula is C15H16N4S2. The van der Waals surface area contributed by atoms with Crippen molar-refractivity contribution in [2.45, 2.75) is 43.1 Å². The molecule has 0 radical (unpaired) electrons. The van der Waals surface area contributed by atoms with E-state index in [-0.39, 0.29) is 0 Å². The number of aromatic nitrogens is 4. The summed E-state index contributed by atoms with van der Waals surface area (Å²) in [6.45, 7) is 1.06. The highest BCUT2D eigenvalue weighted by molar-refractivity contribution is 7.98. The number of thiazole rings is 1. The number of fused-ring (bicyclic) bond motifs is 2. The smallest absolute Gasteiger partial charge is 0.191 e. The highest BCUT2D eigenvalue weighted by Crippen LogP contribution is 2.29. The molecule has 1 aromatic carbocycles. The van der Waals surface area contributed by atoms with E-state index in [0.29, 0.717) is 0 Å². The van der Waals surface area contributed by atoms with Gasteiger partial charge in [0.25, 0.3) is 0 Å². The number of aryl methyl sites for hydroxylation is 1. The fourth-order valence-electron chi connectivity index (χ4n) is 2.67. The number of hydrogen-bond acceptors (Lipinski definition) is 5. The molecule has 0 bridgehead atoms. The largest absolute Gasteiger partial charge is 0.306 e. The summed E-state index contributed by atoms with van der Waals surface area (Å²) >= 11 is 3.53. The second-order valence-electron chi connectivity index (χ2n) is 5.23. The molecule has 0 amide bonds. The Bertz CT molecular complexity index is 729. The Kier molecular flexibility index (Phi) is 3.65. The molecule has 4 nitrogen and oxygen atoms in total. The first-order valence-electron chi connectivity index (χ1n) is 7.29. The number of para-hydroxylation sites is 1. The maximum absolute atomic E-state index is 4.68. The minimum absolute atomic E-state index is 0.872. The molecule has 108 valence electrons. The molecule has 0 N–H and O–H groups in total. The lowest BCUT2D eigenvalue weighted by molar-refractivity contribution is 0.591. The second kappa shape index (κ2) is 5.77. The molecule has 1 aliphatic heterocycles. The predicted molar refractivity (Wildman–Crippen MR) is 86.8 cm³/mol. The summed E-state index contributed by atoms with van der Waals surface area (Å²) in [6.07, 6.45) is 4.83. The van der Waals surface area contributed by atoms with Crippen molar-refractivity contribution in [3.05, 3.63) is 35.1 Å². The molecular weight excluding hydrogens is 300 g/mol. The van der Waals surface area contributed by atoms with Crippen LogP contribution in [-0.4, -0.2) is 19.7 Å². The van der Waals surface area contributed by atoms with Crippen LogP contribution in [0.4, 0.5) is 0 Å². The van der Waals surface area contributed by atoms with E-state index in [1.54, 1.807) is 23.1 Å². The van der Waals surface area contributed by atoms with Crippen LogP contribution >= 0.6 is 23.1 Å². The van der Waals surface area contributed by atoms with Gasteiger partial charge in [0.1, 0.15) is 10.8 Å². The summed E-state index contributed by atoms with van der Waals surface area (Å²) in [4.78, 5) is 4.68. The Morgan fingerprint density at radius 2 is 2.10 bits per heavy atom. The van der Waals surface area contributed by atoms with Crippen LogP contribution in [0.5, 0.6) is 0 Å². The third-order valence-electron chi connectivity index (χ3n) is 3.74. The monoisotopic (exact) mass is 316 g/mol. The highest BCUT2D eigenvalue weighted by Gasteiger charge is 2.15. The normalized spacial score (nSPS) is 15.0. The van der Waals surface area contributed by atoms with Crippen LogP contribution in [-0.2, 0) is 18.7 Å². The van der Waals surface area contributed by atoms with Gasteiger partial charge in [0.2, 0.25) is 0 Å². The molecule has 0 unspecified atom stereocenters. The van der Waals surface area contributed by atoms with Gasteiger partial charge in [-0.3, -0.25) is 0 Å². The topological polar surface area (TPSA) is 43.6 Å². The van der Waals surface area contributed by atoms with E-state index in [9.17, 15) is 0 Å². The molecule has 2 aromatic heterocycles. The van der Waals surface area contributed by atoms with Crippen molar-refractivity contribution in [2.75, 3.05) is 0 Å². The lowest BCUT2D eigenvalue weighted by Crippen LogP contribution is -2.02. The van der Waals surface area contributed by atoms with Gasteiger partial charge in [0, 0.05) is 13.0 Å². The van der Waals surface area contributed by atoms with Crippen LogP contribution in [0.25, 0.3) is 10.2 Å². The summed E-state index contributed by atoms with van der Waals surface area (Å²) in [5.41, 5.74) is 1.10. The van der Waals surface area contributed by atoms with Crippen molar-refractivity contribution in [2.24, 2.45) is 0 Å². The van der Waals surface area contributed by atoms with Gasteiger partial charge in [0.15, 0.2) is 5.16 Å². The number of thioether (sulfide) groups is 1. The Morgan fingerprint density at radius 3 is 3.05 bits per heavy atom. The van der Waals surface area contributed by atoms with Crippen molar-refractivity contribution >= 4 is 33.3 Å². The highest BCUT2D eigenvalue weighted by atomic mass is 32.2. The van der Waals surface area contributed by atoms with E-state index in [1.165, 1.54) is 24.0 Å². The van der Waals surface area contributed by atoms with E-state index >= 15 is 0 Å². The Morgan fingerprint density at radius 1 is 1.14 bits per heavy atom. The van der Waals surface area contributed by atoms with Gasteiger partial charge in [-0.05, 0) is 25.0 Å². The maximum Gasteiger partial charge on any atom is 0.191 e. The van der Waals surface area contributed by atoms with Gasteiger partial charge in [-0.1, -0.05) is 30.3 Å². The summed E-state index contributed by atoms with van der Waals surface area (Å²) in [5.74, 6) is 2.02. The minimum atomic E-state index is 0.872. The van der Waals surface area contributed by atoms with Crippen LogP contribution in [0.15, 0.2) is 29.4 Å². The van der Waals surface area contributed by atoms with Gasteiger partial charge >= 0.3 is 0 Å². The van der Waals surface area contributed by atoms with Gasteiger partial charge < -0.3 is 4.57 Å². The third-order valence-corrected chi connectivity index (χ3v) is 5.94. The predicted octanol–water partition coefficient (Wildman–Crippen LogP) is 3.91. The molecule has 0 saturated heterocycles. The molecule has 3 heterocycles. The molecule has 6 heteroatoms. The first-order chi connectivity index (χ1) is 10.4. The summed E-state index contributed by atoms with van der Waals surface area (Å²) in [6, 6.07) is 8.31. The van der Waals surface area contributed by atoms with E-state index in [0.717, 1.165) is 40.2 Å². The second-order valence-corrected chi connectivity index (χ2v) is 7.28. The lowest BCUT2D eigenvalue weighted by atomic mass is 10.2. The fraction of sp³-hybridized carbons (Fsp3) is 0.400. The number of rotatable bonds is 3. The molecule has 21 heavy (non-hydrogen) atoms. The van der Waals surface area contributed by atoms with Crippen molar-refractivity contribution in [1.29, 1.82) is 0 Å². The molecule has 0 aliphatic carbocycles. The van der Waals surface area contributed by atoms with E-state index < -0.39 is 0 Å². The average molecular weight is 316 g/mol. The zero-order valence-corrected chi connectivity index (χ0v) is 13.3. The number of hydrogen-bond donors (Lipinski definition) is 0. The summed E-state index contributed by atoms with van der Waals surface area (Å²) in [7, 11) is 0. The standard InChI is InChI=1S/C15H16N4S2/c1-2-8-13-17-18-15(19(13)9-5-1)20-10-14-16-11-6-3-4-7-12(11)21-14/h3-4,6-7H,1-2,5,8-10H2. The van der Waals surface area contributed by atoms with E-state index in [4.69, 9.17) is 0 Å². The van der Waals surface area contributed by atoms with Crippen molar-refractivity contribution < 1.29 is 0 Å². The van der Waals surface area contributed by atoms with Crippen molar-refractivity contribution in [3.63, 3.8) is 0 Å². The first-order valence-corrected chi connectivity index (χ1v) is 9.10. The molecule has 4 rings (SSSR count). The zero-order valence-electron chi connectivity index (χ0n) is 11.7. The summed E-state index contributed by atoms with van der Waals surface area (Å²) in [5, 5.41) is 10.9. The van der Waals surface area contributed by atoms with Gasteiger partial charge in [-0.15, -0.1) is 21.5 Å². The van der Waals surface area contributed by atoms with Crippen molar-refractivity contribution in [3.8, 4) is 0 Å².